The van der Waals surface area contributed by atoms with Gasteiger partial charge in [-0.2, -0.15) is 5.10 Å². The first-order valence-corrected chi connectivity index (χ1v) is 6.94. The van der Waals surface area contributed by atoms with Crippen LogP contribution in [0.5, 0.6) is 0 Å². The van der Waals surface area contributed by atoms with Gasteiger partial charge in [-0.3, -0.25) is 9.89 Å². The summed E-state index contributed by atoms with van der Waals surface area (Å²) >= 11 is 1.55. The third-order valence-electron chi connectivity index (χ3n) is 2.62. The number of thioether (sulfide) groups is 1. The summed E-state index contributed by atoms with van der Waals surface area (Å²) in [6.45, 7) is 4.48. The molecule has 19 heavy (non-hydrogen) atoms. The number of benzene rings is 1. The highest BCUT2D eigenvalue weighted by Crippen LogP contribution is 2.23. The average Bonchev–Trinajstić information content (AvgIpc) is 2.90. The Balaban J connectivity index is 1.81. The molecule has 0 aliphatic rings. The van der Waals surface area contributed by atoms with Gasteiger partial charge in [0, 0.05) is 4.90 Å². The molecule has 0 aliphatic heterocycles. The average molecular weight is 276 g/mol. The number of aromatic amines is 1. The lowest BCUT2D eigenvalue weighted by molar-refractivity contribution is -0.118. The summed E-state index contributed by atoms with van der Waals surface area (Å²) in [5.41, 5.74) is 2.40. The van der Waals surface area contributed by atoms with Gasteiger partial charge in [-0.15, -0.1) is 11.8 Å². The van der Waals surface area contributed by atoms with Gasteiger partial charge in [0.2, 0.25) is 5.91 Å². The van der Waals surface area contributed by atoms with Gasteiger partial charge in [0.05, 0.1) is 12.3 Å². The Bertz CT molecular complexity index is 554. The molecular weight excluding hydrogens is 260 g/mol. The molecule has 1 amide bonds. The van der Waals surface area contributed by atoms with Crippen LogP contribution in [0.4, 0.5) is 0 Å². The van der Waals surface area contributed by atoms with E-state index in [4.69, 9.17) is 0 Å². The van der Waals surface area contributed by atoms with Crippen LogP contribution in [0.1, 0.15) is 17.0 Å². The van der Waals surface area contributed by atoms with E-state index in [2.05, 4.69) is 38.7 Å². The van der Waals surface area contributed by atoms with Gasteiger partial charge in [-0.1, -0.05) is 17.7 Å². The number of nitrogens with zero attached hydrogens (tertiary/aromatic N) is 2. The molecule has 100 valence electrons. The number of nitrogens with one attached hydrogen (secondary N) is 2. The van der Waals surface area contributed by atoms with E-state index in [9.17, 15) is 4.79 Å². The van der Waals surface area contributed by atoms with Crippen LogP contribution in [-0.4, -0.2) is 26.8 Å². The van der Waals surface area contributed by atoms with Crippen molar-refractivity contribution in [1.82, 2.24) is 20.5 Å². The van der Waals surface area contributed by atoms with Crippen LogP contribution in [0.2, 0.25) is 0 Å². The summed E-state index contributed by atoms with van der Waals surface area (Å²) in [6, 6.07) is 6.25. The normalized spacial score (nSPS) is 10.4. The molecule has 0 unspecified atom stereocenters. The molecule has 1 aromatic heterocycles. The fourth-order valence-corrected chi connectivity index (χ4v) is 2.51. The van der Waals surface area contributed by atoms with Crippen molar-refractivity contribution in [3.63, 3.8) is 0 Å². The summed E-state index contributed by atoms with van der Waals surface area (Å²) in [6.07, 6.45) is 1.42. The number of H-pyrrole nitrogens is 1. The summed E-state index contributed by atoms with van der Waals surface area (Å²) < 4.78 is 0. The molecule has 1 aromatic carbocycles. The molecule has 0 saturated carbocycles. The molecule has 2 aromatic rings. The number of hydrogen-bond acceptors (Lipinski definition) is 4. The molecule has 6 heteroatoms. The van der Waals surface area contributed by atoms with Crippen LogP contribution in [-0.2, 0) is 11.3 Å². The molecule has 0 bridgehead atoms. The minimum absolute atomic E-state index is 0.0118. The van der Waals surface area contributed by atoms with Crippen molar-refractivity contribution >= 4 is 17.7 Å². The largest absolute Gasteiger partial charge is 0.348 e. The highest BCUT2D eigenvalue weighted by Gasteiger charge is 2.06. The Hall–Kier alpha value is -1.82. The monoisotopic (exact) mass is 276 g/mol. The predicted octanol–water partition coefficient (Wildman–Crippen LogP) is 1.83. The standard InChI is InChI=1S/C13H16N4OS/c1-9-3-4-10(2)11(5-9)19-7-13(18)14-6-12-15-8-16-17-12/h3-5,8H,6-7H2,1-2H3,(H,14,18)(H,15,16,17). The molecule has 2 N–H and O–H groups in total. The highest BCUT2D eigenvalue weighted by molar-refractivity contribution is 8.00. The lowest BCUT2D eigenvalue weighted by Crippen LogP contribution is -2.25. The second-order valence-electron chi connectivity index (χ2n) is 4.27. The zero-order valence-electron chi connectivity index (χ0n) is 10.9. The first-order chi connectivity index (χ1) is 9.15. The van der Waals surface area contributed by atoms with Crippen LogP contribution in [0.3, 0.4) is 0 Å². The SMILES string of the molecule is Cc1ccc(C)c(SCC(=O)NCc2ncn[nH]2)c1. The smallest absolute Gasteiger partial charge is 0.230 e. The van der Waals surface area contributed by atoms with Crippen molar-refractivity contribution in [2.75, 3.05) is 5.75 Å². The molecule has 1 heterocycles. The zero-order chi connectivity index (χ0) is 13.7. The van der Waals surface area contributed by atoms with Crippen LogP contribution in [0.25, 0.3) is 0 Å². The lowest BCUT2D eigenvalue weighted by Gasteiger charge is -2.07. The molecule has 0 spiro atoms. The molecular formula is C13H16N4OS. The maximum absolute atomic E-state index is 11.7. The van der Waals surface area contributed by atoms with Gasteiger partial charge < -0.3 is 5.32 Å². The van der Waals surface area contributed by atoms with Gasteiger partial charge in [0.1, 0.15) is 12.2 Å². The van der Waals surface area contributed by atoms with Crippen molar-refractivity contribution in [2.24, 2.45) is 0 Å². The van der Waals surface area contributed by atoms with E-state index >= 15 is 0 Å². The van der Waals surface area contributed by atoms with Gasteiger partial charge in [0.15, 0.2) is 0 Å². The number of amides is 1. The number of rotatable bonds is 5. The molecule has 2 rings (SSSR count). The summed E-state index contributed by atoms with van der Waals surface area (Å²) in [4.78, 5) is 16.8. The maximum Gasteiger partial charge on any atom is 0.230 e. The minimum Gasteiger partial charge on any atom is -0.348 e. The third-order valence-corrected chi connectivity index (χ3v) is 3.78. The van der Waals surface area contributed by atoms with Crippen LogP contribution in [0.15, 0.2) is 29.4 Å². The van der Waals surface area contributed by atoms with E-state index in [1.54, 1.807) is 11.8 Å². The van der Waals surface area contributed by atoms with E-state index in [1.165, 1.54) is 17.5 Å². The zero-order valence-corrected chi connectivity index (χ0v) is 11.8. The van der Waals surface area contributed by atoms with Crippen LogP contribution < -0.4 is 5.32 Å². The number of aromatic nitrogens is 3. The maximum atomic E-state index is 11.7. The van der Waals surface area contributed by atoms with Crippen molar-refractivity contribution in [3.05, 3.63) is 41.5 Å². The van der Waals surface area contributed by atoms with Crippen LogP contribution >= 0.6 is 11.8 Å². The van der Waals surface area contributed by atoms with Crippen molar-refractivity contribution in [2.45, 2.75) is 25.3 Å². The quantitative estimate of drug-likeness (QED) is 0.817. The third kappa shape index (κ3) is 4.10. The Labute approximate surface area is 116 Å². The van der Waals surface area contributed by atoms with E-state index in [0.717, 1.165) is 4.90 Å². The first-order valence-electron chi connectivity index (χ1n) is 5.96. The van der Waals surface area contributed by atoms with Crippen molar-refractivity contribution < 1.29 is 4.79 Å². The summed E-state index contributed by atoms with van der Waals surface area (Å²) in [7, 11) is 0. The Morgan fingerprint density at radius 1 is 1.42 bits per heavy atom. The number of hydrogen-bond donors (Lipinski definition) is 2. The predicted molar refractivity (Wildman–Crippen MR) is 74.9 cm³/mol. The molecule has 0 aliphatic carbocycles. The first kappa shape index (κ1) is 13.6. The van der Waals surface area contributed by atoms with E-state index < -0.39 is 0 Å². The fourth-order valence-electron chi connectivity index (χ4n) is 1.56. The molecule has 0 saturated heterocycles. The van der Waals surface area contributed by atoms with Gasteiger partial charge in [-0.05, 0) is 25.5 Å². The Morgan fingerprint density at radius 3 is 3.00 bits per heavy atom. The topological polar surface area (TPSA) is 70.7 Å². The van der Waals surface area contributed by atoms with E-state index in [1.807, 2.05) is 13.8 Å². The number of aryl methyl sites for hydroxylation is 2. The minimum atomic E-state index is -0.0118. The molecule has 0 radical (unpaired) electrons. The van der Waals surface area contributed by atoms with Crippen molar-refractivity contribution in [3.8, 4) is 0 Å². The summed E-state index contributed by atoms with van der Waals surface area (Å²) in [5, 5.41) is 9.22. The summed E-state index contributed by atoms with van der Waals surface area (Å²) in [5.74, 6) is 1.05. The Morgan fingerprint density at radius 2 is 2.26 bits per heavy atom. The number of carbonyl (C=O) groups excluding carboxylic acids is 1. The fraction of sp³-hybridized carbons (Fsp3) is 0.308. The van der Waals surface area contributed by atoms with Gasteiger partial charge in [0.25, 0.3) is 0 Å². The molecule has 0 atom stereocenters. The molecule has 0 fully saturated rings. The second kappa shape index (κ2) is 6.38. The number of carbonyl (C=O) groups is 1. The lowest BCUT2D eigenvalue weighted by atomic mass is 10.2. The van der Waals surface area contributed by atoms with E-state index in [-0.39, 0.29) is 5.91 Å². The van der Waals surface area contributed by atoms with Gasteiger partial charge in [-0.25, -0.2) is 4.98 Å². The Kier molecular flexibility index (Phi) is 4.57. The van der Waals surface area contributed by atoms with Crippen molar-refractivity contribution in [1.29, 1.82) is 0 Å². The van der Waals surface area contributed by atoms with Gasteiger partial charge >= 0.3 is 0 Å². The van der Waals surface area contributed by atoms with E-state index in [0.29, 0.717) is 18.1 Å². The van der Waals surface area contributed by atoms with Crippen LogP contribution in [0, 0.1) is 13.8 Å². The second-order valence-corrected chi connectivity index (χ2v) is 5.28. The molecule has 5 nitrogen and oxygen atoms in total. The highest BCUT2D eigenvalue weighted by atomic mass is 32.2.